The molecule has 0 saturated heterocycles. The van der Waals surface area contributed by atoms with Gasteiger partial charge in [0.25, 0.3) is 11.6 Å². The molecule has 0 aliphatic rings. The molecule has 0 spiro atoms. The van der Waals surface area contributed by atoms with Gasteiger partial charge in [-0.1, -0.05) is 11.6 Å². The average molecular weight is 306 g/mol. The van der Waals surface area contributed by atoms with E-state index in [0.29, 0.717) is 22.5 Å². The van der Waals surface area contributed by atoms with E-state index in [1.165, 1.54) is 24.3 Å². The van der Waals surface area contributed by atoms with Crippen LogP contribution < -0.4 is 5.32 Å². The largest absolute Gasteiger partial charge is 0.322 e. The quantitative estimate of drug-likeness (QED) is 0.534. The maximum atomic E-state index is 12.2. The standard InChI is InChI=1S/C14H12ClN3O3/c1-8-5-11(18(20)21)3-4-12(8)17-14(19)10-6-9(2)16-13(15)7-10/h3-7H,1-2H3,(H,17,19). The van der Waals surface area contributed by atoms with Gasteiger partial charge in [-0.25, -0.2) is 4.98 Å². The molecule has 6 nitrogen and oxygen atoms in total. The molecule has 0 unspecified atom stereocenters. The summed E-state index contributed by atoms with van der Waals surface area (Å²) in [7, 11) is 0. The predicted molar refractivity (Wildman–Crippen MR) is 79.8 cm³/mol. The van der Waals surface area contributed by atoms with Crippen molar-refractivity contribution < 1.29 is 9.72 Å². The number of rotatable bonds is 3. The zero-order valence-electron chi connectivity index (χ0n) is 11.4. The summed E-state index contributed by atoms with van der Waals surface area (Å²) in [5, 5.41) is 13.6. The lowest BCUT2D eigenvalue weighted by Crippen LogP contribution is -2.13. The number of carbonyl (C=O) groups is 1. The van der Waals surface area contributed by atoms with Gasteiger partial charge in [-0.2, -0.15) is 0 Å². The Labute approximate surface area is 125 Å². The van der Waals surface area contributed by atoms with Crippen LogP contribution in [0.1, 0.15) is 21.6 Å². The van der Waals surface area contributed by atoms with Crippen LogP contribution in [-0.4, -0.2) is 15.8 Å². The monoisotopic (exact) mass is 305 g/mol. The van der Waals surface area contributed by atoms with Crippen LogP contribution in [-0.2, 0) is 0 Å². The fraction of sp³-hybridized carbons (Fsp3) is 0.143. The van der Waals surface area contributed by atoms with Crippen LogP contribution >= 0.6 is 11.6 Å². The minimum absolute atomic E-state index is 0.0201. The molecule has 0 bridgehead atoms. The Bertz CT molecular complexity index is 711. The zero-order chi connectivity index (χ0) is 15.6. The van der Waals surface area contributed by atoms with Crippen LogP contribution in [0, 0.1) is 24.0 Å². The highest BCUT2D eigenvalue weighted by Gasteiger charge is 2.12. The SMILES string of the molecule is Cc1cc(C(=O)Nc2ccc([N+](=O)[O-])cc2C)cc(Cl)n1. The highest BCUT2D eigenvalue weighted by Crippen LogP contribution is 2.22. The van der Waals surface area contributed by atoms with Crippen LogP contribution in [0.2, 0.25) is 5.15 Å². The average Bonchev–Trinajstić information content (AvgIpc) is 2.39. The molecule has 1 heterocycles. The van der Waals surface area contributed by atoms with Crippen LogP contribution in [0.25, 0.3) is 0 Å². The number of non-ortho nitro benzene ring substituents is 1. The number of hydrogen-bond acceptors (Lipinski definition) is 4. The number of aromatic nitrogens is 1. The number of aryl methyl sites for hydroxylation is 2. The first kappa shape index (κ1) is 14.9. The first-order valence-electron chi connectivity index (χ1n) is 6.07. The topological polar surface area (TPSA) is 85.1 Å². The number of nitro benzene ring substituents is 1. The second-order valence-electron chi connectivity index (χ2n) is 4.53. The van der Waals surface area contributed by atoms with E-state index in [-0.39, 0.29) is 16.7 Å². The summed E-state index contributed by atoms with van der Waals surface area (Å²) < 4.78 is 0. The second kappa shape index (κ2) is 5.88. The van der Waals surface area contributed by atoms with Crippen molar-refractivity contribution in [2.45, 2.75) is 13.8 Å². The molecule has 0 atom stereocenters. The minimum atomic E-state index is -0.482. The molecule has 2 aromatic rings. The second-order valence-corrected chi connectivity index (χ2v) is 4.92. The molecule has 1 aromatic heterocycles. The maximum absolute atomic E-state index is 12.2. The molecular formula is C14H12ClN3O3. The molecule has 0 fully saturated rings. The van der Waals surface area contributed by atoms with E-state index in [1.54, 1.807) is 19.9 Å². The molecule has 21 heavy (non-hydrogen) atoms. The number of halogens is 1. The molecule has 0 aliphatic carbocycles. The molecule has 1 N–H and O–H groups in total. The number of nitro groups is 1. The summed E-state index contributed by atoms with van der Waals surface area (Å²) in [5.41, 5.74) is 2.11. The fourth-order valence-electron chi connectivity index (χ4n) is 1.86. The van der Waals surface area contributed by atoms with Gasteiger partial charge in [0, 0.05) is 29.1 Å². The van der Waals surface area contributed by atoms with E-state index < -0.39 is 4.92 Å². The molecule has 1 amide bonds. The van der Waals surface area contributed by atoms with Crippen LogP contribution in [0.5, 0.6) is 0 Å². The predicted octanol–water partition coefficient (Wildman–Crippen LogP) is 3.51. The number of hydrogen-bond donors (Lipinski definition) is 1. The lowest BCUT2D eigenvalue weighted by Gasteiger charge is -2.09. The Hall–Kier alpha value is -2.47. The van der Waals surface area contributed by atoms with Crippen molar-refractivity contribution in [2.24, 2.45) is 0 Å². The van der Waals surface area contributed by atoms with Gasteiger partial charge in [0.1, 0.15) is 5.15 Å². The molecule has 1 aromatic carbocycles. The molecule has 7 heteroatoms. The number of nitrogens with zero attached hydrogens (tertiary/aromatic N) is 2. The van der Waals surface area contributed by atoms with E-state index in [4.69, 9.17) is 11.6 Å². The number of carbonyl (C=O) groups excluding carboxylic acids is 1. The third-order valence-corrected chi connectivity index (χ3v) is 3.05. The Kier molecular flexibility index (Phi) is 4.18. The van der Waals surface area contributed by atoms with Gasteiger partial charge in [-0.15, -0.1) is 0 Å². The smallest absolute Gasteiger partial charge is 0.269 e. The molecule has 0 saturated carbocycles. The first-order valence-corrected chi connectivity index (χ1v) is 6.45. The van der Waals surface area contributed by atoms with Gasteiger partial charge in [-0.3, -0.25) is 14.9 Å². The Morgan fingerprint density at radius 1 is 1.29 bits per heavy atom. The van der Waals surface area contributed by atoms with E-state index in [1.807, 2.05) is 0 Å². The minimum Gasteiger partial charge on any atom is -0.322 e. The lowest BCUT2D eigenvalue weighted by molar-refractivity contribution is -0.384. The third-order valence-electron chi connectivity index (χ3n) is 2.85. The number of amides is 1. The molecule has 0 radical (unpaired) electrons. The van der Waals surface area contributed by atoms with Crippen molar-refractivity contribution >= 4 is 28.9 Å². The molecule has 108 valence electrons. The first-order chi connectivity index (χ1) is 9.86. The highest BCUT2D eigenvalue weighted by molar-refractivity contribution is 6.29. The number of nitrogens with one attached hydrogen (secondary N) is 1. The van der Waals surface area contributed by atoms with Crippen LogP contribution in [0.3, 0.4) is 0 Å². The molecule has 0 aliphatic heterocycles. The van der Waals surface area contributed by atoms with Crippen molar-refractivity contribution in [1.82, 2.24) is 4.98 Å². The van der Waals surface area contributed by atoms with E-state index >= 15 is 0 Å². The van der Waals surface area contributed by atoms with Gasteiger partial charge in [0.05, 0.1) is 4.92 Å². The van der Waals surface area contributed by atoms with Gasteiger partial charge in [-0.05, 0) is 37.6 Å². The Morgan fingerprint density at radius 2 is 2.00 bits per heavy atom. The van der Waals surface area contributed by atoms with Crippen molar-refractivity contribution in [1.29, 1.82) is 0 Å². The van der Waals surface area contributed by atoms with Crippen molar-refractivity contribution in [3.63, 3.8) is 0 Å². The summed E-state index contributed by atoms with van der Waals surface area (Å²) in [5.74, 6) is -0.348. The van der Waals surface area contributed by atoms with E-state index in [2.05, 4.69) is 10.3 Å². The molecular weight excluding hydrogens is 294 g/mol. The van der Waals surface area contributed by atoms with Crippen molar-refractivity contribution in [3.05, 3.63) is 62.4 Å². The maximum Gasteiger partial charge on any atom is 0.269 e. The Morgan fingerprint density at radius 3 is 2.57 bits per heavy atom. The fourth-order valence-corrected chi connectivity index (χ4v) is 2.11. The third kappa shape index (κ3) is 3.55. The van der Waals surface area contributed by atoms with Gasteiger partial charge in [0.2, 0.25) is 0 Å². The summed E-state index contributed by atoms with van der Waals surface area (Å²) in [6, 6.07) is 7.32. The van der Waals surface area contributed by atoms with Gasteiger partial charge in [0.15, 0.2) is 0 Å². The lowest BCUT2D eigenvalue weighted by atomic mass is 10.1. The molecule has 2 rings (SSSR count). The van der Waals surface area contributed by atoms with Crippen LogP contribution in [0.4, 0.5) is 11.4 Å². The summed E-state index contributed by atoms with van der Waals surface area (Å²) >= 11 is 5.82. The number of benzene rings is 1. The van der Waals surface area contributed by atoms with E-state index in [0.717, 1.165) is 0 Å². The van der Waals surface area contributed by atoms with Gasteiger partial charge >= 0.3 is 0 Å². The zero-order valence-corrected chi connectivity index (χ0v) is 12.1. The summed E-state index contributed by atoms with van der Waals surface area (Å²) in [4.78, 5) is 26.3. The van der Waals surface area contributed by atoms with Crippen molar-refractivity contribution in [2.75, 3.05) is 5.32 Å². The number of pyridine rings is 1. The Balaban J connectivity index is 2.25. The summed E-state index contributed by atoms with van der Waals surface area (Å²) in [6.45, 7) is 3.42. The van der Waals surface area contributed by atoms with Crippen molar-refractivity contribution in [3.8, 4) is 0 Å². The van der Waals surface area contributed by atoms with Gasteiger partial charge < -0.3 is 5.32 Å². The summed E-state index contributed by atoms with van der Waals surface area (Å²) in [6.07, 6.45) is 0. The normalized spacial score (nSPS) is 10.2. The van der Waals surface area contributed by atoms with Crippen LogP contribution in [0.15, 0.2) is 30.3 Å². The number of anilines is 1. The van der Waals surface area contributed by atoms with E-state index in [9.17, 15) is 14.9 Å². The highest BCUT2D eigenvalue weighted by atomic mass is 35.5.